The Kier molecular flexibility index (Phi) is 5.01. The third-order valence-electron chi connectivity index (χ3n) is 5.55. The lowest BCUT2D eigenvalue weighted by molar-refractivity contribution is 0.370. The summed E-state index contributed by atoms with van der Waals surface area (Å²) >= 11 is 0. The summed E-state index contributed by atoms with van der Waals surface area (Å²) in [7, 11) is 0. The van der Waals surface area contributed by atoms with Gasteiger partial charge >= 0.3 is 5.69 Å². The average molecular weight is 438 g/mol. The lowest BCUT2D eigenvalue weighted by atomic mass is 10.1. The molecule has 0 atom stereocenters. The fourth-order valence-corrected chi connectivity index (χ4v) is 4.14. The van der Waals surface area contributed by atoms with Crippen molar-refractivity contribution in [3.05, 3.63) is 110 Å². The summed E-state index contributed by atoms with van der Waals surface area (Å²) in [6, 6.07) is 20.5. The zero-order valence-corrected chi connectivity index (χ0v) is 18.6. The second-order valence-corrected chi connectivity index (χ2v) is 8.25. The Labute approximate surface area is 189 Å². The van der Waals surface area contributed by atoms with Gasteiger partial charge in [0.2, 0.25) is 11.7 Å². The smallest absolute Gasteiger partial charge is 0.336 e. The molecule has 5 rings (SSSR count). The molecule has 33 heavy (non-hydrogen) atoms. The SMILES string of the molecule is Cc1cccc(-c2noc(Cn3c(=O)n(-c4cc(C)cc(C)c4)c(=O)c4ccccc43)n2)c1. The van der Waals surface area contributed by atoms with Crippen LogP contribution in [0.1, 0.15) is 22.6 Å². The summed E-state index contributed by atoms with van der Waals surface area (Å²) in [5, 5.41) is 4.52. The summed E-state index contributed by atoms with van der Waals surface area (Å²) < 4.78 is 8.18. The average Bonchev–Trinajstić information content (AvgIpc) is 3.25. The molecule has 5 aromatic rings. The van der Waals surface area contributed by atoms with E-state index >= 15 is 0 Å². The molecule has 3 aromatic carbocycles. The van der Waals surface area contributed by atoms with Crippen LogP contribution < -0.4 is 11.2 Å². The highest BCUT2D eigenvalue weighted by atomic mass is 16.5. The number of para-hydroxylation sites is 1. The van der Waals surface area contributed by atoms with Gasteiger partial charge in [0.25, 0.3) is 5.56 Å². The number of hydrogen-bond donors (Lipinski definition) is 0. The first kappa shape index (κ1) is 20.6. The van der Waals surface area contributed by atoms with Crippen LogP contribution in [0.15, 0.2) is 80.8 Å². The zero-order valence-electron chi connectivity index (χ0n) is 18.6. The largest absolute Gasteiger partial charge is 0.337 e. The highest BCUT2D eigenvalue weighted by Gasteiger charge is 2.17. The van der Waals surface area contributed by atoms with Crippen LogP contribution in [0, 0.1) is 20.8 Å². The summed E-state index contributed by atoms with van der Waals surface area (Å²) in [5.41, 5.74) is 4.09. The molecular formula is C26H22N4O3. The van der Waals surface area contributed by atoms with E-state index in [1.165, 1.54) is 9.13 Å². The van der Waals surface area contributed by atoms with E-state index in [0.717, 1.165) is 22.3 Å². The highest BCUT2D eigenvalue weighted by Crippen LogP contribution is 2.18. The van der Waals surface area contributed by atoms with Crippen LogP contribution in [-0.2, 0) is 6.54 Å². The summed E-state index contributed by atoms with van der Waals surface area (Å²) in [5.74, 6) is 0.734. The van der Waals surface area contributed by atoms with Gasteiger partial charge in [0, 0.05) is 5.56 Å². The molecule has 0 radical (unpaired) electrons. The maximum atomic E-state index is 13.6. The van der Waals surface area contributed by atoms with Gasteiger partial charge in [0.1, 0.15) is 6.54 Å². The summed E-state index contributed by atoms with van der Waals surface area (Å²) in [6.07, 6.45) is 0. The Morgan fingerprint density at radius 2 is 1.61 bits per heavy atom. The van der Waals surface area contributed by atoms with Gasteiger partial charge in [-0.25, -0.2) is 9.36 Å². The van der Waals surface area contributed by atoms with E-state index in [2.05, 4.69) is 10.1 Å². The minimum Gasteiger partial charge on any atom is -0.337 e. The van der Waals surface area contributed by atoms with E-state index in [-0.39, 0.29) is 18.0 Å². The van der Waals surface area contributed by atoms with Crippen LogP contribution in [0.25, 0.3) is 28.0 Å². The molecule has 0 spiro atoms. The molecule has 0 fully saturated rings. The lowest BCUT2D eigenvalue weighted by Crippen LogP contribution is -2.39. The number of aryl methyl sites for hydroxylation is 3. The van der Waals surface area contributed by atoms with Crippen molar-refractivity contribution in [2.75, 3.05) is 0 Å². The van der Waals surface area contributed by atoms with Gasteiger partial charge in [-0.1, -0.05) is 47.1 Å². The first-order valence-corrected chi connectivity index (χ1v) is 10.6. The van der Waals surface area contributed by atoms with Crippen molar-refractivity contribution >= 4 is 10.9 Å². The minimum absolute atomic E-state index is 0.0449. The molecule has 2 aromatic heterocycles. The minimum atomic E-state index is -0.459. The summed E-state index contributed by atoms with van der Waals surface area (Å²) in [4.78, 5) is 31.4. The molecule has 0 saturated carbocycles. The van der Waals surface area contributed by atoms with Gasteiger partial charge in [-0.15, -0.1) is 0 Å². The first-order chi connectivity index (χ1) is 15.9. The van der Waals surface area contributed by atoms with Gasteiger partial charge in [0.05, 0.1) is 16.6 Å². The number of nitrogens with zero attached hydrogens (tertiary/aromatic N) is 4. The molecule has 2 heterocycles. The van der Waals surface area contributed by atoms with Crippen LogP contribution in [0.3, 0.4) is 0 Å². The molecule has 7 heteroatoms. The van der Waals surface area contributed by atoms with Crippen molar-refractivity contribution in [2.24, 2.45) is 0 Å². The van der Waals surface area contributed by atoms with Crippen molar-refractivity contribution < 1.29 is 4.52 Å². The topological polar surface area (TPSA) is 82.9 Å². The molecule has 0 aliphatic heterocycles. The predicted octanol–water partition coefficient (Wildman–Crippen LogP) is 4.18. The molecule has 0 aliphatic carbocycles. The van der Waals surface area contributed by atoms with Gasteiger partial charge in [0.15, 0.2) is 0 Å². The van der Waals surface area contributed by atoms with Crippen molar-refractivity contribution in [3.8, 4) is 17.1 Å². The number of hydrogen-bond acceptors (Lipinski definition) is 5. The van der Waals surface area contributed by atoms with Crippen LogP contribution >= 0.6 is 0 Å². The third kappa shape index (κ3) is 3.78. The molecule has 0 aliphatic rings. The van der Waals surface area contributed by atoms with E-state index in [1.54, 1.807) is 24.3 Å². The van der Waals surface area contributed by atoms with Gasteiger partial charge in [-0.05, 0) is 62.2 Å². The van der Waals surface area contributed by atoms with Crippen molar-refractivity contribution in [3.63, 3.8) is 0 Å². The van der Waals surface area contributed by atoms with E-state index < -0.39 is 5.69 Å². The van der Waals surface area contributed by atoms with Crippen LogP contribution in [0.5, 0.6) is 0 Å². The van der Waals surface area contributed by atoms with Gasteiger partial charge in [-0.3, -0.25) is 9.36 Å². The Morgan fingerprint density at radius 3 is 2.36 bits per heavy atom. The molecule has 0 N–H and O–H groups in total. The number of benzene rings is 3. The van der Waals surface area contributed by atoms with Gasteiger partial charge < -0.3 is 4.52 Å². The second-order valence-electron chi connectivity index (χ2n) is 8.25. The quantitative estimate of drug-likeness (QED) is 0.420. The Hall–Kier alpha value is -4.26. The van der Waals surface area contributed by atoms with Crippen molar-refractivity contribution in [1.29, 1.82) is 0 Å². The molecule has 0 unspecified atom stereocenters. The Bertz CT molecular complexity index is 1600. The van der Waals surface area contributed by atoms with Crippen LogP contribution in [0.4, 0.5) is 0 Å². The first-order valence-electron chi connectivity index (χ1n) is 10.6. The zero-order chi connectivity index (χ0) is 23.1. The fourth-order valence-electron chi connectivity index (χ4n) is 4.14. The van der Waals surface area contributed by atoms with Crippen LogP contribution in [0.2, 0.25) is 0 Å². The Balaban J connectivity index is 1.68. The van der Waals surface area contributed by atoms with E-state index in [4.69, 9.17) is 4.52 Å². The van der Waals surface area contributed by atoms with E-state index in [0.29, 0.717) is 22.4 Å². The maximum absolute atomic E-state index is 13.6. The lowest BCUT2D eigenvalue weighted by Gasteiger charge is -2.13. The van der Waals surface area contributed by atoms with E-state index in [1.807, 2.05) is 63.2 Å². The standard InChI is InChI=1S/C26H22N4O3/c1-16-7-6-8-19(12-16)24-27-23(33-28-24)15-29-22-10-5-4-9-21(22)25(31)30(26(29)32)20-13-17(2)11-18(3)14-20/h4-14H,15H2,1-3H3. The monoisotopic (exact) mass is 438 g/mol. The molecule has 0 amide bonds. The fraction of sp³-hybridized carbons (Fsp3) is 0.154. The number of fused-ring (bicyclic) bond motifs is 1. The van der Waals surface area contributed by atoms with E-state index in [9.17, 15) is 9.59 Å². The Morgan fingerprint density at radius 1 is 0.848 bits per heavy atom. The van der Waals surface area contributed by atoms with Crippen molar-refractivity contribution in [2.45, 2.75) is 27.3 Å². The van der Waals surface area contributed by atoms with Crippen LogP contribution in [-0.4, -0.2) is 19.3 Å². The second kappa shape index (κ2) is 8.02. The normalized spacial score (nSPS) is 11.2. The number of rotatable bonds is 4. The molecule has 7 nitrogen and oxygen atoms in total. The predicted molar refractivity (Wildman–Crippen MR) is 127 cm³/mol. The molecule has 0 bridgehead atoms. The maximum Gasteiger partial charge on any atom is 0.336 e. The van der Waals surface area contributed by atoms with Crippen molar-refractivity contribution in [1.82, 2.24) is 19.3 Å². The molecular weight excluding hydrogens is 416 g/mol. The molecule has 0 saturated heterocycles. The highest BCUT2D eigenvalue weighted by molar-refractivity contribution is 5.78. The summed E-state index contributed by atoms with van der Waals surface area (Å²) in [6.45, 7) is 5.91. The molecule has 164 valence electrons. The van der Waals surface area contributed by atoms with Gasteiger partial charge in [-0.2, -0.15) is 4.98 Å². The third-order valence-corrected chi connectivity index (χ3v) is 5.55. The number of aromatic nitrogens is 4.